The quantitative estimate of drug-likeness (QED) is 0.731. The second-order valence-electron chi connectivity index (χ2n) is 5.39. The Kier molecular flexibility index (Phi) is 2.76. The van der Waals surface area contributed by atoms with Gasteiger partial charge in [0.2, 0.25) is 0 Å². The van der Waals surface area contributed by atoms with Crippen LogP contribution in [0.2, 0.25) is 0 Å². The van der Waals surface area contributed by atoms with E-state index in [-0.39, 0.29) is 18.1 Å². The van der Waals surface area contributed by atoms with Gasteiger partial charge in [-0.25, -0.2) is 4.79 Å². The Bertz CT molecular complexity index is 234. The third-order valence-corrected chi connectivity index (χ3v) is 2.12. The lowest BCUT2D eigenvalue weighted by molar-refractivity contribution is 0.0219. The molecular weight excluding hydrogens is 182 g/mol. The molecular formula is C10H19NO3. The van der Waals surface area contributed by atoms with E-state index in [1.807, 2.05) is 0 Å². The molecule has 1 aliphatic heterocycles. The van der Waals surface area contributed by atoms with Crippen molar-refractivity contribution in [1.29, 1.82) is 0 Å². The van der Waals surface area contributed by atoms with Crippen molar-refractivity contribution in [3.63, 3.8) is 0 Å². The molecule has 4 nitrogen and oxygen atoms in total. The normalized spacial score (nSPS) is 28.1. The number of carbonyl (C=O) groups is 1. The average molecular weight is 201 g/mol. The number of cyclic esters (lactones) is 1. The van der Waals surface area contributed by atoms with Gasteiger partial charge in [0.15, 0.2) is 5.60 Å². The van der Waals surface area contributed by atoms with Crippen LogP contribution in [0.4, 0.5) is 4.79 Å². The van der Waals surface area contributed by atoms with Crippen LogP contribution in [0.1, 0.15) is 27.7 Å². The number of aliphatic hydroxyl groups is 1. The standard InChI is InChI=1S/C10H19NO3/c1-9(2,3)5-11-6-10(4,7-12)14-8(11)13/h12H,5-7H2,1-4H3. The molecule has 0 spiro atoms. The van der Waals surface area contributed by atoms with Crippen LogP contribution in [-0.4, -0.2) is 41.4 Å². The van der Waals surface area contributed by atoms with E-state index in [1.165, 1.54) is 0 Å². The molecule has 0 aromatic heterocycles. The highest BCUT2D eigenvalue weighted by Gasteiger charge is 2.41. The minimum absolute atomic E-state index is 0.0553. The van der Waals surface area contributed by atoms with E-state index >= 15 is 0 Å². The maximum Gasteiger partial charge on any atom is 0.410 e. The maximum absolute atomic E-state index is 11.4. The smallest absolute Gasteiger partial charge is 0.410 e. The van der Waals surface area contributed by atoms with E-state index in [4.69, 9.17) is 9.84 Å². The van der Waals surface area contributed by atoms with Crippen LogP contribution in [0.25, 0.3) is 0 Å². The Morgan fingerprint density at radius 1 is 1.57 bits per heavy atom. The zero-order valence-corrected chi connectivity index (χ0v) is 9.33. The van der Waals surface area contributed by atoms with E-state index < -0.39 is 5.60 Å². The first-order valence-electron chi connectivity index (χ1n) is 4.85. The van der Waals surface area contributed by atoms with Crippen molar-refractivity contribution in [2.45, 2.75) is 33.3 Å². The summed E-state index contributed by atoms with van der Waals surface area (Å²) >= 11 is 0. The summed E-state index contributed by atoms with van der Waals surface area (Å²) in [6, 6.07) is 0. The Labute approximate surface area is 84.8 Å². The summed E-state index contributed by atoms with van der Waals surface area (Å²) in [7, 11) is 0. The fraction of sp³-hybridized carbons (Fsp3) is 0.900. The lowest BCUT2D eigenvalue weighted by atomic mass is 9.96. The minimum atomic E-state index is -0.720. The lowest BCUT2D eigenvalue weighted by Gasteiger charge is -2.25. The molecule has 82 valence electrons. The molecule has 1 saturated heterocycles. The lowest BCUT2D eigenvalue weighted by Crippen LogP contribution is -2.37. The second kappa shape index (κ2) is 3.42. The highest BCUT2D eigenvalue weighted by atomic mass is 16.6. The Morgan fingerprint density at radius 2 is 2.14 bits per heavy atom. The maximum atomic E-state index is 11.4. The van der Waals surface area contributed by atoms with Gasteiger partial charge >= 0.3 is 6.09 Å². The zero-order chi connectivity index (χ0) is 11.0. The van der Waals surface area contributed by atoms with Gasteiger partial charge in [0, 0.05) is 6.54 Å². The summed E-state index contributed by atoms with van der Waals surface area (Å²) < 4.78 is 5.09. The van der Waals surface area contributed by atoms with Crippen molar-refractivity contribution in [3.8, 4) is 0 Å². The van der Waals surface area contributed by atoms with Gasteiger partial charge in [-0.05, 0) is 12.3 Å². The van der Waals surface area contributed by atoms with Crippen LogP contribution in [0.5, 0.6) is 0 Å². The van der Waals surface area contributed by atoms with Gasteiger partial charge in [-0.15, -0.1) is 0 Å². The molecule has 4 heteroatoms. The fourth-order valence-corrected chi connectivity index (χ4v) is 1.55. The van der Waals surface area contributed by atoms with Crippen LogP contribution in [0, 0.1) is 5.41 Å². The summed E-state index contributed by atoms with van der Waals surface area (Å²) in [6.45, 7) is 8.94. The molecule has 0 bridgehead atoms. The summed E-state index contributed by atoms with van der Waals surface area (Å²) in [6.07, 6.45) is -0.323. The molecule has 1 rings (SSSR count). The highest BCUT2D eigenvalue weighted by Crippen LogP contribution is 2.25. The summed E-state index contributed by atoms with van der Waals surface area (Å²) in [5, 5.41) is 9.06. The largest absolute Gasteiger partial charge is 0.439 e. The molecule has 0 aromatic rings. The van der Waals surface area contributed by atoms with Crippen molar-refractivity contribution < 1.29 is 14.6 Å². The molecule has 1 aliphatic rings. The number of hydrogen-bond donors (Lipinski definition) is 1. The van der Waals surface area contributed by atoms with Gasteiger partial charge in [0.05, 0.1) is 13.2 Å². The third kappa shape index (κ3) is 2.61. The summed E-state index contributed by atoms with van der Waals surface area (Å²) in [4.78, 5) is 13.1. The molecule has 0 radical (unpaired) electrons. The third-order valence-electron chi connectivity index (χ3n) is 2.12. The van der Waals surface area contributed by atoms with Crippen molar-refractivity contribution in [3.05, 3.63) is 0 Å². The molecule has 0 aromatic carbocycles. The molecule has 1 unspecified atom stereocenters. The number of rotatable bonds is 2. The van der Waals surface area contributed by atoms with Crippen LogP contribution in [0.15, 0.2) is 0 Å². The highest BCUT2D eigenvalue weighted by molar-refractivity contribution is 5.70. The SMILES string of the molecule is CC(C)(C)CN1CC(C)(CO)OC1=O. The van der Waals surface area contributed by atoms with E-state index in [0.29, 0.717) is 13.1 Å². The average Bonchev–Trinajstić information content (AvgIpc) is 2.25. The Hall–Kier alpha value is -0.770. The van der Waals surface area contributed by atoms with Gasteiger partial charge in [0.25, 0.3) is 0 Å². The monoisotopic (exact) mass is 201 g/mol. The number of aliphatic hydroxyl groups excluding tert-OH is 1. The van der Waals surface area contributed by atoms with Gasteiger partial charge in [-0.2, -0.15) is 0 Å². The number of nitrogens with zero attached hydrogens (tertiary/aromatic N) is 1. The van der Waals surface area contributed by atoms with Crippen molar-refractivity contribution in [1.82, 2.24) is 4.90 Å². The van der Waals surface area contributed by atoms with Crippen LogP contribution >= 0.6 is 0 Å². The Balaban J connectivity index is 2.62. The number of ether oxygens (including phenoxy) is 1. The topological polar surface area (TPSA) is 49.8 Å². The molecule has 0 saturated carbocycles. The summed E-state index contributed by atoms with van der Waals surface area (Å²) in [5.41, 5.74) is -0.665. The molecule has 1 heterocycles. The number of amides is 1. The second-order valence-corrected chi connectivity index (χ2v) is 5.39. The van der Waals surface area contributed by atoms with E-state index in [1.54, 1.807) is 11.8 Å². The first-order valence-corrected chi connectivity index (χ1v) is 4.85. The van der Waals surface area contributed by atoms with Gasteiger partial charge < -0.3 is 14.7 Å². The van der Waals surface area contributed by atoms with Crippen molar-refractivity contribution in [2.24, 2.45) is 5.41 Å². The predicted molar refractivity (Wildman–Crippen MR) is 53.0 cm³/mol. The predicted octanol–water partition coefficient (Wildman–Crippen LogP) is 1.24. The van der Waals surface area contributed by atoms with Crippen LogP contribution in [-0.2, 0) is 4.74 Å². The first kappa shape index (κ1) is 11.3. The van der Waals surface area contributed by atoms with Crippen LogP contribution in [0.3, 0.4) is 0 Å². The molecule has 1 atom stereocenters. The molecule has 0 aliphatic carbocycles. The van der Waals surface area contributed by atoms with E-state index in [9.17, 15) is 4.79 Å². The van der Waals surface area contributed by atoms with E-state index in [0.717, 1.165) is 0 Å². The van der Waals surface area contributed by atoms with Gasteiger partial charge in [0.1, 0.15) is 0 Å². The molecule has 1 amide bonds. The van der Waals surface area contributed by atoms with Gasteiger partial charge in [-0.1, -0.05) is 20.8 Å². The fourth-order valence-electron chi connectivity index (χ4n) is 1.55. The van der Waals surface area contributed by atoms with Gasteiger partial charge in [-0.3, -0.25) is 0 Å². The van der Waals surface area contributed by atoms with Crippen LogP contribution < -0.4 is 0 Å². The first-order chi connectivity index (χ1) is 6.26. The van der Waals surface area contributed by atoms with Crippen molar-refractivity contribution >= 4 is 6.09 Å². The number of carbonyl (C=O) groups excluding carboxylic acids is 1. The molecule has 14 heavy (non-hydrogen) atoms. The number of hydrogen-bond acceptors (Lipinski definition) is 3. The minimum Gasteiger partial charge on any atom is -0.439 e. The van der Waals surface area contributed by atoms with Crippen molar-refractivity contribution in [2.75, 3.05) is 19.7 Å². The van der Waals surface area contributed by atoms with E-state index in [2.05, 4.69) is 20.8 Å². The Morgan fingerprint density at radius 3 is 2.50 bits per heavy atom. The molecule has 1 N–H and O–H groups in total. The summed E-state index contributed by atoms with van der Waals surface area (Å²) in [5.74, 6) is 0. The zero-order valence-electron chi connectivity index (χ0n) is 9.33. The molecule has 1 fully saturated rings.